The lowest BCUT2D eigenvalue weighted by molar-refractivity contribution is -0.132. The lowest BCUT2D eigenvalue weighted by Crippen LogP contribution is -2.12. The smallest absolute Gasteiger partial charge is 0.371 e. The molecule has 0 aliphatic rings. The number of hydrogen-bond acceptors (Lipinski definition) is 5. The first-order valence-electron chi connectivity index (χ1n) is 3.55. The Labute approximate surface area is 77.7 Å². The molecule has 1 aromatic rings. The first-order valence-corrected chi connectivity index (χ1v) is 3.55. The SMILES string of the molecule is CC(=O)Oc1coc(C(=O)O)cc1=O. The van der Waals surface area contributed by atoms with Crippen molar-refractivity contribution in [2.24, 2.45) is 0 Å². The summed E-state index contributed by atoms with van der Waals surface area (Å²) in [5.41, 5.74) is -0.719. The lowest BCUT2D eigenvalue weighted by atomic mass is 10.4. The highest BCUT2D eigenvalue weighted by molar-refractivity contribution is 5.84. The number of carbonyl (C=O) groups excluding carboxylic acids is 1. The summed E-state index contributed by atoms with van der Waals surface area (Å²) in [4.78, 5) is 31.9. The standard InChI is InChI=1S/C8H6O6/c1-4(9)14-7-3-13-6(8(11)12)2-5(7)10/h2-3H,1H3,(H,11,12). The van der Waals surface area contributed by atoms with E-state index in [2.05, 4.69) is 9.15 Å². The van der Waals surface area contributed by atoms with Crippen molar-refractivity contribution in [3.05, 3.63) is 28.3 Å². The van der Waals surface area contributed by atoms with Crippen LogP contribution in [0.5, 0.6) is 5.75 Å². The predicted octanol–water partition coefficient (Wildman–Crippen LogP) is 0.263. The number of ether oxygens (including phenoxy) is 1. The minimum atomic E-state index is -1.36. The lowest BCUT2D eigenvalue weighted by Gasteiger charge is -1.98. The molecule has 0 bridgehead atoms. The zero-order valence-corrected chi connectivity index (χ0v) is 7.14. The summed E-state index contributed by atoms with van der Waals surface area (Å²) >= 11 is 0. The number of carbonyl (C=O) groups is 2. The third kappa shape index (κ3) is 2.19. The first-order chi connectivity index (χ1) is 6.50. The number of hydrogen-bond donors (Lipinski definition) is 1. The second-order valence-electron chi connectivity index (χ2n) is 2.37. The summed E-state index contributed by atoms with van der Waals surface area (Å²) in [6, 6.07) is 0.737. The molecular weight excluding hydrogens is 192 g/mol. The summed E-state index contributed by atoms with van der Waals surface area (Å²) in [6.07, 6.45) is 0.785. The van der Waals surface area contributed by atoms with Gasteiger partial charge in [-0.3, -0.25) is 9.59 Å². The van der Waals surface area contributed by atoms with Crippen molar-refractivity contribution in [1.82, 2.24) is 0 Å². The molecule has 0 saturated heterocycles. The predicted molar refractivity (Wildman–Crippen MR) is 43.2 cm³/mol. The van der Waals surface area contributed by atoms with Crippen LogP contribution in [-0.2, 0) is 4.79 Å². The quantitative estimate of drug-likeness (QED) is 0.685. The molecule has 6 heteroatoms. The Kier molecular flexibility index (Phi) is 2.66. The number of rotatable bonds is 2. The molecule has 1 heterocycles. The molecular formula is C8H6O6. The second-order valence-corrected chi connectivity index (χ2v) is 2.37. The van der Waals surface area contributed by atoms with E-state index in [0.717, 1.165) is 19.3 Å². The average molecular weight is 198 g/mol. The Morgan fingerprint density at radius 1 is 1.50 bits per heavy atom. The van der Waals surface area contributed by atoms with E-state index in [1.807, 2.05) is 0 Å². The van der Waals surface area contributed by atoms with Gasteiger partial charge in [0.1, 0.15) is 6.26 Å². The molecule has 1 N–H and O–H groups in total. The summed E-state index contributed by atoms with van der Waals surface area (Å²) < 4.78 is 8.97. The highest BCUT2D eigenvalue weighted by Crippen LogP contribution is 2.05. The highest BCUT2D eigenvalue weighted by atomic mass is 16.5. The van der Waals surface area contributed by atoms with Gasteiger partial charge in [0.05, 0.1) is 0 Å². The average Bonchev–Trinajstić information content (AvgIpc) is 2.07. The number of carboxylic acids is 1. The van der Waals surface area contributed by atoms with Crippen LogP contribution in [0.4, 0.5) is 0 Å². The zero-order chi connectivity index (χ0) is 10.7. The van der Waals surface area contributed by atoms with Crippen LogP contribution in [0, 0.1) is 0 Å². The van der Waals surface area contributed by atoms with E-state index in [1.165, 1.54) is 0 Å². The molecule has 14 heavy (non-hydrogen) atoms. The van der Waals surface area contributed by atoms with Gasteiger partial charge < -0.3 is 14.3 Å². The maximum Gasteiger partial charge on any atom is 0.371 e. The molecule has 0 amide bonds. The molecule has 0 aliphatic carbocycles. The number of aromatic carboxylic acids is 1. The molecule has 0 fully saturated rings. The van der Waals surface area contributed by atoms with Gasteiger partial charge in [-0.2, -0.15) is 0 Å². The Morgan fingerprint density at radius 3 is 2.57 bits per heavy atom. The van der Waals surface area contributed by atoms with Gasteiger partial charge >= 0.3 is 11.9 Å². The monoisotopic (exact) mass is 198 g/mol. The van der Waals surface area contributed by atoms with Crippen LogP contribution < -0.4 is 10.2 Å². The maximum absolute atomic E-state index is 11.1. The Hall–Kier alpha value is -2.11. The van der Waals surface area contributed by atoms with Crippen molar-refractivity contribution in [3.8, 4) is 5.75 Å². The van der Waals surface area contributed by atoms with Crippen LogP contribution in [0.15, 0.2) is 21.5 Å². The Balaban J connectivity index is 3.08. The maximum atomic E-state index is 11.1. The van der Waals surface area contributed by atoms with Crippen molar-refractivity contribution < 1.29 is 23.8 Å². The zero-order valence-electron chi connectivity index (χ0n) is 7.14. The van der Waals surface area contributed by atoms with E-state index in [4.69, 9.17) is 5.11 Å². The molecule has 0 aliphatic heterocycles. The van der Waals surface area contributed by atoms with E-state index in [-0.39, 0.29) is 5.75 Å². The van der Waals surface area contributed by atoms with Crippen LogP contribution in [0.3, 0.4) is 0 Å². The van der Waals surface area contributed by atoms with Gasteiger partial charge in [0.25, 0.3) is 0 Å². The van der Waals surface area contributed by atoms with E-state index >= 15 is 0 Å². The summed E-state index contributed by atoms with van der Waals surface area (Å²) in [5, 5.41) is 8.44. The van der Waals surface area contributed by atoms with Gasteiger partial charge in [0, 0.05) is 13.0 Å². The minimum absolute atomic E-state index is 0.331. The normalized spacial score (nSPS) is 9.50. The summed E-state index contributed by atoms with van der Waals surface area (Å²) in [5.74, 6) is -2.88. The molecule has 74 valence electrons. The van der Waals surface area contributed by atoms with Crippen LogP contribution >= 0.6 is 0 Å². The van der Waals surface area contributed by atoms with Crippen molar-refractivity contribution in [2.75, 3.05) is 0 Å². The van der Waals surface area contributed by atoms with Crippen molar-refractivity contribution in [1.29, 1.82) is 0 Å². The minimum Gasteiger partial charge on any atom is -0.475 e. The largest absolute Gasteiger partial charge is 0.475 e. The topological polar surface area (TPSA) is 93.8 Å². The molecule has 0 unspecified atom stereocenters. The van der Waals surface area contributed by atoms with E-state index in [0.29, 0.717) is 0 Å². The molecule has 1 aromatic heterocycles. The van der Waals surface area contributed by atoms with Crippen LogP contribution in [0.2, 0.25) is 0 Å². The van der Waals surface area contributed by atoms with E-state index < -0.39 is 23.1 Å². The van der Waals surface area contributed by atoms with Gasteiger partial charge in [-0.1, -0.05) is 0 Å². The number of carboxylic acid groups (broad SMARTS) is 1. The fourth-order valence-corrected chi connectivity index (χ4v) is 0.741. The van der Waals surface area contributed by atoms with Crippen LogP contribution in [-0.4, -0.2) is 17.0 Å². The Bertz CT molecular complexity index is 430. The first kappa shape index (κ1) is 9.97. The third-order valence-electron chi connectivity index (χ3n) is 1.26. The van der Waals surface area contributed by atoms with Gasteiger partial charge in [0.15, 0.2) is 0 Å². The fourth-order valence-electron chi connectivity index (χ4n) is 0.741. The molecule has 6 nitrogen and oxygen atoms in total. The Morgan fingerprint density at radius 2 is 2.14 bits per heavy atom. The van der Waals surface area contributed by atoms with Crippen molar-refractivity contribution in [3.63, 3.8) is 0 Å². The van der Waals surface area contributed by atoms with Crippen molar-refractivity contribution >= 4 is 11.9 Å². The fraction of sp³-hybridized carbons (Fsp3) is 0.125. The molecule has 0 radical (unpaired) electrons. The van der Waals surface area contributed by atoms with Crippen LogP contribution in [0.1, 0.15) is 17.5 Å². The molecule has 0 aromatic carbocycles. The third-order valence-corrected chi connectivity index (χ3v) is 1.26. The summed E-state index contributed by atoms with van der Waals surface area (Å²) in [7, 11) is 0. The van der Waals surface area contributed by atoms with Crippen molar-refractivity contribution in [2.45, 2.75) is 6.92 Å². The second kappa shape index (κ2) is 3.73. The van der Waals surface area contributed by atoms with E-state index in [9.17, 15) is 14.4 Å². The van der Waals surface area contributed by atoms with Gasteiger partial charge in [-0.05, 0) is 0 Å². The van der Waals surface area contributed by atoms with Gasteiger partial charge in [-0.15, -0.1) is 0 Å². The molecule has 0 atom stereocenters. The molecule has 1 rings (SSSR count). The number of esters is 1. The van der Waals surface area contributed by atoms with Crippen LogP contribution in [0.25, 0.3) is 0 Å². The molecule has 0 saturated carbocycles. The molecule has 0 spiro atoms. The highest BCUT2D eigenvalue weighted by Gasteiger charge is 2.10. The van der Waals surface area contributed by atoms with Gasteiger partial charge in [-0.25, -0.2) is 4.79 Å². The van der Waals surface area contributed by atoms with Gasteiger partial charge in [0.2, 0.25) is 16.9 Å². The van der Waals surface area contributed by atoms with E-state index in [1.54, 1.807) is 0 Å². The summed E-state index contributed by atoms with van der Waals surface area (Å²) in [6.45, 7) is 1.12.